The van der Waals surface area contributed by atoms with Gasteiger partial charge in [0.25, 0.3) is 6.43 Å². The van der Waals surface area contributed by atoms with Crippen molar-refractivity contribution in [1.82, 2.24) is 4.98 Å². The number of alkyl halides is 2. The van der Waals surface area contributed by atoms with Crippen LogP contribution in [0.15, 0.2) is 10.7 Å². The highest BCUT2D eigenvalue weighted by Crippen LogP contribution is 2.27. The maximum Gasteiger partial charge on any atom is 0.265 e. The molecule has 1 aromatic heterocycles. The lowest BCUT2D eigenvalue weighted by molar-refractivity contribution is 0.150. The summed E-state index contributed by atoms with van der Waals surface area (Å²) in [6.45, 7) is -0.440. The van der Waals surface area contributed by atoms with Crippen LogP contribution in [0.1, 0.15) is 23.2 Å². The van der Waals surface area contributed by atoms with Crippen LogP contribution in [0.4, 0.5) is 8.78 Å². The van der Waals surface area contributed by atoms with E-state index in [9.17, 15) is 8.78 Å². The van der Waals surface area contributed by atoms with Crippen molar-refractivity contribution in [3.8, 4) is 6.07 Å². The van der Waals surface area contributed by atoms with Crippen LogP contribution in [0.3, 0.4) is 0 Å². The van der Waals surface area contributed by atoms with Crippen molar-refractivity contribution in [2.75, 3.05) is 0 Å². The van der Waals surface area contributed by atoms with Crippen molar-refractivity contribution in [2.45, 2.75) is 13.0 Å². The normalized spacial score (nSPS) is 10.3. The average Bonchev–Trinajstić information content (AvgIpc) is 2.16. The van der Waals surface area contributed by atoms with Crippen LogP contribution in [0, 0.1) is 11.3 Å². The molecule has 0 saturated heterocycles. The van der Waals surface area contributed by atoms with Gasteiger partial charge < -0.3 is 5.11 Å². The van der Waals surface area contributed by atoms with Crippen LogP contribution in [0.5, 0.6) is 0 Å². The molecule has 1 aromatic rings. The summed E-state index contributed by atoms with van der Waals surface area (Å²) < 4.78 is 24.9. The Morgan fingerprint density at radius 2 is 2.29 bits per heavy atom. The van der Waals surface area contributed by atoms with Crippen LogP contribution < -0.4 is 0 Å². The molecule has 14 heavy (non-hydrogen) atoms. The first-order valence-electron chi connectivity index (χ1n) is 3.58. The molecule has 3 nitrogen and oxygen atoms in total. The van der Waals surface area contributed by atoms with Crippen LogP contribution in [0.25, 0.3) is 0 Å². The molecule has 0 saturated carbocycles. The minimum atomic E-state index is -2.76. The zero-order valence-electron chi connectivity index (χ0n) is 6.84. The van der Waals surface area contributed by atoms with Crippen LogP contribution in [-0.4, -0.2) is 10.1 Å². The second kappa shape index (κ2) is 4.44. The lowest BCUT2D eigenvalue weighted by Gasteiger charge is -2.06. The number of nitriles is 1. The largest absolute Gasteiger partial charge is 0.390 e. The van der Waals surface area contributed by atoms with Gasteiger partial charge in [0.05, 0.1) is 17.9 Å². The summed E-state index contributed by atoms with van der Waals surface area (Å²) in [5, 5.41) is 17.3. The predicted octanol–water partition coefficient (Wildman–Crippen LogP) is 2.15. The van der Waals surface area contributed by atoms with Gasteiger partial charge in [0.2, 0.25) is 0 Å². The van der Waals surface area contributed by atoms with Crippen LogP contribution >= 0.6 is 15.9 Å². The molecule has 1 rings (SSSR count). The van der Waals surface area contributed by atoms with Crippen molar-refractivity contribution in [3.05, 3.63) is 27.5 Å². The maximum atomic E-state index is 12.4. The summed E-state index contributed by atoms with van der Waals surface area (Å²) in [7, 11) is 0. The highest BCUT2D eigenvalue weighted by atomic mass is 79.9. The van der Waals surface area contributed by atoms with E-state index in [1.54, 1.807) is 6.07 Å². The highest BCUT2D eigenvalue weighted by Gasteiger charge is 2.17. The van der Waals surface area contributed by atoms with Gasteiger partial charge in [-0.25, -0.2) is 13.8 Å². The number of halogens is 3. The fraction of sp³-hybridized carbons (Fsp3) is 0.250. The van der Waals surface area contributed by atoms with Crippen LogP contribution in [-0.2, 0) is 6.61 Å². The first-order chi connectivity index (χ1) is 6.60. The number of aliphatic hydroxyl groups excluding tert-OH is 1. The van der Waals surface area contributed by atoms with E-state index >= 15 is 0 Å². The van der Waals surface area contributed by atoms with Gasteiger partial charge in [0.1, 0.15) is 10.7 Å². The highest BCUT2D eigenvalue weighted by molar-refractivity contribution is 9.10. The minimum absolute atomic E-state index is 0.0295. The van der Waals surface area contributed by atoms with E-state index in [-0.39, 0.29) is 15.9 Å². The van der Waals surface area contributed by atoms with E-state index in [1.165, 1.54) is 0 Å². The van der Waals surface area contributed by atoms with Crippen molar-refractivity contribution in [3.63, 3.8) is 0 Å². The average molecular weight is 263 g/mol. The molecule has 0 unspecified atom stereocenters. The molecule has 0 bridgehead atoms. The quantitative estimate of drug-likeness (QED) is 0.831. The molecule has 0 aromatic carbocycles. The lowest BCUT2D eigenvalue weighted by Crippen LogP contribution is -1.99. The summed E-state index contributed by atoms with van der Waals surface area (Å²) in [6, 6.07) is 2.65. The van der Waals surface area contributed by atoms with E-state index in [0.29, 0.717) is 0 Å². The number of aliphatic hydroxyl groups is 1. The second-order valence-corrected chi connectivity index (χ2v) is 3.19. The third kappa shape index (κ3) is 2.05. The summed E-state index contributed by atoms with van der Waals surface area (Å²) >= 11 is 2.89. The van der Waals surface area contributed by atoms with Gasteiger partial charge in [-0.15, -0.1) is 0 Å². The van der Waals surface area contributed by atoms with E-state index in [4.69, 9.17) is 10.4 Å². The van der Waals surface area contributed by atoms with E-state index in [2.05, 4.69) is 20.9 Å². The molecule has 0 aliphatic heterocycles. The third-order valence-electron chi connectivity index (χ3n) is 1.57. The summed E-state index contributed by atoms with van der Waals surface area (Å²) in [6.07, 6.45) is -2.76. The Bertz CT molecular complexity index is 390. The Hall–Kier alpha value is -1.06. The molecule has 0 atom stereocenters. The molecule has 0 radical (unpaired) electrons. The standard InChI is InChI=1S/C8H5BrF2N2O/c9-7-6(2-12)5(8(10)11)1-4(3-14)13-7/h1,8,14H,3H2. The minimum Gasteiger partial charge on any atom is -0.390 e. The molecular formula is C8H5BrF2N2O. The topological polar surface area (TPSA) is 56.9 Å². The molecule has 0 aliphatic carbocycles. The number of aromatic nitrogens is 1. The number of rotatable bonds is 2. The Morgan fingerprint density at radius 3 is 2.71 bits per heavy atom. The van der Waals surface area contributed by atoms with E-state index in [1.807, 2.05) is 0 Å². The van der Waals surface area contributed by atoms with Gasteiger partial charge in [-0.1, -0.05) is 0 Å². The summed E-state index contributed by atoms with van der Waals surface area (Å²) in [5.41, 5.74) is -0.512. The number of pyridine rings is 1. The summed E-state index contributed by atoms with van der Waals surface area (Å²) in [4.78, 5) is 3.72. The Balaban J connectivity index is 3.37. The van der Waals surface area contributed by atoms with Gasteiger partial charge in [0.15, 0.2) is 0 Å². The molecule has 74 valence electrons. The zero-order chi connectivity index (χ0) is 10.7. The lowest BCUT2D eigenvalue weighted by atomic mass is 10.1. The molecule has 6 heteroatoms. The van der Waals surface area contributed by atoms with Gasteiger partial charge >= 0.3 is 0 Å². The van der Waals surface area contributed by atoms with Crippen molar-refractivity contribution >= 4 is 15.9 Å². The molecule has 0 aliphatic rings. The smallest absolute Gasteiger partial charge is 0.265 e. The van der Waals surface area contributed by atoms with E-state index < -0.39 is 18.6 Å². The Morgan fingerprint density at radius 1 is 1.64 bits per heavy atom. The first kappa shape index (κ1) is 11.0. The molecule has 0 amide bonds. The second-order valence-electron chi connectivity index (χ2n) is 2.44. The van der Waals surface area contributed by atoms with Gasteiger partial charge in [-0.05, 0) is 22.0 Å². The molecule has 0 fully saturated rings. The fourth-order valence-electron chi connectivity index (χ4n) is 0.949. The van der Waals surface area contributed by atoms with Crippen LogP contribution in [0.2, 0.25) is 0 Å². The monoisotopic (exact) mass is 262 g/mol. The zero-order valence-corrected chi connectivity index (χ0v) is 8.42. The number of nitrogens with zero attached hydrogens (tertiary/aromatic N) is 2. The van der Waals surface area contributed by atoms with Crippen molar-refractivity contribution < 1.29 is 13.9 Å². The fourth-order valence-corrected chi connectivity index (χ4v) is 1.49. The third-order valence-corrected chi connectivity index (χ3v) is 2.14. The Labute approximate surface area is 87.1 Å². The van der Waals surface area contributed by atoms with Gasteiger partial charge in [-0.3, -0.25) is 0 Å². The van der Waals surface area contributed by atoms with Crippen molar-refractivity contribution in [2.24, 2.45) is 0 Å². The maximum absolute atomic E-state index is 12.4. The predicted molar refractivity (Wildman–Crippen MR) is 47.5 cm³/mol. The first-order valence-corrected chi connectivity index (χ1v) is 4.38. The number of hydrogen-bond acceptors (Lipinski definition) is 3. The Kier molecular flexibility index (Phi) is 3.49. The van der Waals surface area contributed by atoms with E-state index in [0.717, 1.165) is 6.07 Å². The van der Waals surface area contributed by atoms with Gasteiger partial charge in [0, 0.05) is 5.56 Å². The van der Waals surface area contributed by atoms with Crippen molar-refractivity contribution in [1.29, 1.82) is 5.26 Å². The SMILES string of the molecule is N#Cc1c(C(F)F)cc(CO)nc1Br. The molecule has 1 heterocycles. The molecule has 1 N–H and O–H groups in total. The number of hydrogen-bond donors (Lipinski definition) is 1. The summed E-state index contributed by atoms with van der Waals surface area (Å²) in [5.74, 6) is 0. The molecular weight excluding hydrogens is 258 g/mol. The molecule has 0 spiro atoms. The van der Waals surface area contributed by atoms with Gasteiger partial charge in [-0.2, -0.15) is 5.26 Å².